The second-order valence-electron chi connectivity index (χ2n) is 3.06. The van der Waals surface area contributed by atoms with Crippen LogP contribution in [0.1, 0.15) is 37.4 Å². The third kappa shape index (κ3) is 1.47. The quantitative estimate of drug-likeness (QED) is 0.673. The number of aromatic nitrogens is 2. The summed E-state index contributed by atoms with van der Waals surface area (Å²) in [4.78, 5) is 0. The number of rotatable bonds is 2. The summed E-state index contributed by atoms with van der Waals surface area (Å²) in [5.41, 5.74) is 0.664. The lowest BCUT2D eigenvalue weighted by Gasteiger charge is -2.08. The fourth-order valence-corrected chi connectivity index (χ4v) is 1.34. The summed E-state index contributed by atoms with van der Waals surface area (Å²) < 4.78 is 26.2. The molecule has 4 heteroatoms. The van der Waals surface area contributed by atoms with E-state index in [1.54, 1.807) is 7.05 Å². The standard InChI is InChI=1S/C8H12F2N2/c1-5(2)7-6(8(9)10)4-11-12(7)3/h4-5,8H,1-3H3. The SMILES string of the molecule is CC(C)c1c(C(F)F)cnn1C. The minimum atomic E-state index is -2.42. The molecule has 0 radical (unpaired) electrons. The Morgan fingerprint density at radius 3 is 2.33 bits per heavy atom. The molecule has 1 aromatic rings. The lowest BCUT2D eigenvalue weighted by molar-refractivity contribution is 0.149. The second-order valence-corrected chi connectivity index (χ2v) is 3.06. The summed E-state index contributed by atoms with van der Waals surface area (Å²) in [6, 6.07) is 0. The molecule has 0 aromatic carbocycles. The number of aryl methyl sites for hydroxylation is 1. The van der Waals surface area contributed by atoms with Gasteiger partial charge in [-0.2, -0.15) is 5.10 Å². The molecule has 12 heavy (non-hydrogen) atoms. The molecule has 0 fully saturated rings. The summed E-state index contributed by atoms with van der Waals surface area (Å²) in [6.45, 7) is 3.76. The third-order valence-electron chi connectivity index (χ3n) is 1.80. The van der Waals surface area contributed by atoms with E-state index in [-0.39, 0.29) is 11.5 Å². The van der Waals surface area contributed by atoms with Crippen LogP contribution in [0.3, 0.4) is 0 Å². The van der Waals surface area contributed by atoms with Crippen LogP contribution in [0, 0.1) is 0 Å². The fourth-order valence-electron chi connectivity index (χ4n) is 1.34. The van der Waals surface area contributed by atoms with Crippen LogP contribution in [0.25, 0.3) is 0 Å². The van der Waals surface area contributed by atoms with Crippen LogP contribution >= 0.6 is 0 Å². The van der Waals surface area contributed by atoms with E-state index >= 15 is 0 Å². The number of halogens is 2. The molecule has 0 aliphatic carbocycles. The van der Waals surface area contributed by atoms with Gasteiger partial charge in [0.25, 0.3) is 6.43 Å². The monoisotopic (exact) mass is 174 g/mol. The van der Waals surface area contributed by atoms with E-state index in [2.05, 4.69) is 5.10 Å². The van der Waals surface area contributed by atoms with Gasteiger partial charge < -0.3 is 0 Å². The van der Waals surface area contributed by atoms with Gasteiger partial charge in [-0.15, -0.1) is 0 Å². The molecule has 0 aliphatic heterocycles. The predicted octanol–water partition coefficient (Wildman–Crippen LogP) is 2.48. The summed E-state index contributed by atoms with van der Waals surface area (Å²) in [5.74, 6) is 0.0847. The molecule has 0 atom stereocenters. The van der Waals surface area contributed by atoms with Crippen molar-refractivity contribution in [1.29, 1.82) is 0 Å². The Morgan fingerprint density at radius 1 is 1.42 bits per heavy atom. The molecular formula is C8H12F2N2. The highest BCUT2D eigenvalue weighted by atomic mass is 19.3. The molecular weight excluding hydrogens is 162 g/mol. The second kappa shape index (κ2) is 3.21. The molecule has 1 heterocycles. The van der Waals surface area contributed by atoms with E-state index in [0.717, 1.165) is 0 Å². The highest BCUT2D eigenvalue weighted by Gasteiger charge is 2.18. The first kappa shape index (κ1) is 9.16. The number of alkyl halides is 2. The minimum absolute atomic E-state index is 0.0486. The smallest absolute Gasteiger partial charge is 0.267 e. The Morgan fingerprint density at radius 2 is 2.00 bits per heavy atom. The molecule has 0 aliphatic rings. The molecule has 0 spiro atoms. The van der Waals surface area contributed by atoms with E-state index in [9.17, 15) is 8.78 Å². The molecule has 0 saturated carbocycles. The Kier molecular flexibility index (Phi) is 2.45. The summed E-state index contributed by atoms with van der Waals surface area (Å²) in [7, 11) is 1.68. The van der Waals surface area contributed by atoms with Crippen LogP contribution in [0.5, 0.6) is 0 Å². The van der Waals surface area contributed by atoms with Crippen molar-refractivity contribution >= 4 is 0 Å². The topological polar surface area (TPSA) is 17.8 Å². The highest BCUT2D eigenvalue weighted by molar-refractivity contribution is 5.21. The van der Waals surface area contributed by atoms with Gasteiger partial charge in [0.05, 0.1) is 11.8 Å². The molecule has 0 saturated heterocycles. The minimum Gasteiger partial charge on any atom is -0.272 e. The third-order valence-corrected chi connectivity index (χ3v) is 1.80. The van der Waals surface area contributed by atoms with Gasteiger partial charge in [0.1, 0.15) is 0 Å². The largest absolute Gasteiger partial charge is 0.272 e. The summed E-state index contributed by atoms with van der Waals surface area (Å²) in [6.07, 6.45) is -1.18. The summed E-state index contributed by atoms with van der Waals surface area (Å²) >= 11 is 0. The first-order chi connectivity index (χ1) is 5.54. The fraction of sp³-hybridized carbons (Fsp3) is 0.625. The zero-order valence-corrected chi connectivity index (χ0v) is 7.38. The van der Waals surface area contributed by atoms with Crippen LogP contribution in [-0.2, 0) is 7.05 Å². The van der Waals surface area contributed by atoms with Crippen LogP contribution in [-0.4, -0.2) is 9.78 Å². The van der Waals surface area contributed by atoms with Gasteiger partial charge in [0.2, 0.25) is 0 Å². The first-order valence-corrected chi connectivity index (χ1v) is 3.84. The molecule has 1 aromatic heterocycles. The average molecular weight is 174 g/mol. The molecule has 1 rings (SSSR count). The van der Waals surface area contributed by atoms with Gasteiger partial charge in [-0.3, -0.25) is 4.68 Å². The van der Waals surface area contributed by atoms with E-state index in [4.69, 9.17) is 0 Å². The molecule has 0 bridgehead atoms. The molecule has 0 unspecified atom stereocenters. The Hall–Kier alpha value is -0.930. The van der Waals surface area contributed by atoms with Crippen LogP contribution in [0.15, 0.2) is 6.20 Å². The van der Waals surface area contributed by atoms with Gasteiger partial charge in [0, 0.05) is 12.7 Å². The van der Waals surface area contributed by atoms with Crippen molar-refractivity contribution in [3.63, 3.8) is 0 Å². The van der Waals surface area contributed by atoms with Crippen molar-refractivity contribution in [2.45, 2.75) is 26.2 Å². The van der Waals surface area contributed by atoms with Crippen molar-refractivity contribution in [3.8, 4) is 0 Å². The van der Waals surface area contributed by atoms with Crippen molar-refractivity contribution < 1.29 is 8.78 Å². The highest BCUT2D eigenvalue weighted by Crippen LogP contribution is 2.27. The maximum Gasteiger partial charge on any atom is 0.267 e. The average Bonchev–Trinajstić information content (AvgIpc) is 2.30. The number of hydrogen-bond acceptors (Lipinski definition) is 1. The van der Waals surface area contributed by atoms with Crippen molar-refractivity contribution in [2.75, 3.05) is 0 Å². The van der Waals surface area contributed by atoms with E-state index in [1.165, 1.54) is 10.9 Å². The lowest BCUT2D eigenvalue weighted by Crippen LogP contribution is -2.02. The van der Waals surface area contributed by atoms with Gasteiger partial charge in [-0.1, -0.05) is 13.8 Å². The van der Waals surface area contributed by atoms with Gasteiger partial charge in [0.15, 0.2) is 0 Å². The zero-order chi connectivity index (χ0) is 9.30. The van der Waals surface area contributed by atoms with Gasteiger partial charge in [-0.05, 0) is 5.92 Å². The van der Waals surface area contributed by atoms with Crippen molar-refractivity contribution in [3.05, 3.63) is 17.5 Å². The molecule has 68 valence electrons. The van der Waals surface area contributed by atoms with Crippen LogP contribution in [0.2, 0.25) is 0 Å². The summed E-state index contributed by atoms with van der Waals surface area (Å²) in [5, 5.41) is 3.80. The lowest BCUT2D eigenvalue weighted by atomic mass is 10.1. The maximum absolute atomic E-state index is 12.3. The Balaban J connectivity index is 3.12. The zero-order valence-electron chi connectivity index (χ0n) is 7.38. The molecule has 0 N–H and O–H groups in total. The number of hydrogen-bond donors (Lipinski definition) is 0. The molecule has 2 nitrogen and oxygen atoms in total. The number of nitrogens with zero attached hydrogens (tertiary/aromatic N) is 2. The maximum atomic E-state index is 12.3. The van der Waals surface area contributed by atoms with Crippen LogP contribution in [0.4, 0.5) is 8.78 Å². The van der Waals surface area contributed by atoms with Gasteiger partial charge in [-0.25, -0.2) is 8.78 Å². The van der Waals surface area contributed by atoms with E-state index in [0.29, 0.717) is 5.69 Å². The Bertz CT molecular complexity index is 266. The van der Waals surface area contributed by atoms with Gasteiger partial charge >= 0.3 is 0 Å². The molecule has 0 amide bonds. The van der Waals surface area contributed by atoms with Crippen molar-refractivity contribution in [2.24, 2.45) is 7.05 Å². The Labute approximate surface area is 70.2 Å². The van der Waals surface area contributed by atoms with E-state index < -0.39 is 6.43 Å². The van der Waals surface area contributed by atoms with Crippen molar-refractivity contribution in [1.82, 2.24) is 9.78 Å². The first-order valence-electron chi connectivity index (χ1n) is 3.84. The van der Waals surface area contributed by atoms with E-state index in [1.807, 2.05) is 13.8 Å². The van der Waals surface area contributed by atoms with Crippen LogP contribution < -0.4 is 0 Å². The normalized spacial score (nSPS) is 11.6. The predicted molar refractivity (Wildman–Crippen MR) is 42.3 cm³/mol.